The van der Waals surface area contributed by atoms with E-state index in [-0.39, 0.29) is 5.41 Å². The summed E-state index contributed by atoms with van der Waals surface area (Å²) in [5, 5.41) is 3.30. The van der Waals surface area contributed by atoms with Crippen molar-refractivity contribution in [2.24, 2.45) is 11.3 Å². The average Bonchev–Trinajstić information content (AvgIpc) is 2.30. The summed E-state index contributed by atoms with van der Waals surface area (Å²) in [5.41, 5.74) is 1.59. The van der Waals surface area contributed by atoms with Crippen molar-refractivity contribution in [3.8, 4) is 5.75 Å². The summed E-state index contributed by atoms with van der Waals surface area (Å²) in [7, 11) is 3.72. The van der Waals surface area contributed by atoms with Crippen LogP contribution in [-0.2, 0) is 6.42 Å². The molecule has 0 aromatic heterocycles. The highest BCUT2D eigenvalue weighted by Gasteiger charge is 2.24. The molecular weight excluding hydrogens is 290 g/mol. The van der Waals surface area contributed by atoms with E-state index in [0.29, 0.717) is 5.92 Å². The van der Waals surface area contributed by atoms with Crippen LogP contribution in [0.15, 0.2) is 22.7 Å². The van der Waals surface area contributed by atoms with Crippen LogP contribution in [-0.4, -0.2) is 20.7 Å². The summed E-state index contributed by atoms with van der Waals surface area (Å²) in [6.45, 7) is 7.91. The van der Waals surface area contributed by atoms with Crippen LogP contribution < -0.4 is 10.1 Å². The van der Waals surface area contributed by atoms with Gasteiger partial charge >= 0.3 is 0 Å². The zero-order valence-electron chi connectivity index (χ0n) is 12.0. The normalized spacial score (nSPS) is 13.4. The molecule has 0 aliphatic heterocycles. The second kappa shape index (κ2) is 6.58. The summed E-state index contributed by atoms with van der Waals surface area (Å²) < 4.78 is 6.46. The minimum absolute atomic E-state index is 0.283. The molecule has 1 aromatic rings. The number of rotatable bonds is 5. The number of benzene rings is 1. The zero-order valence-corrected chi connectivity index (χ0v) is 13.6. The molecule has 0 aliphatic rings. The van der Waals surface area contributed by atoms with E-state index in [1.165, 1.54) is 5.56 Å². The van der Waals surface area contributed by atoms with Crippen LogP contribution in [0.2, 0.25) is 0 Å². The Morgan fingerprint density at radius 3 is 2.50 bits per heavy atom. The molecule has 102 valence electrons. The molecular formula is C15H24BrNO. The SMILES string of the molecule is CNCC(Cc1cc(OC)ccc1Br)C(C)(C)C. The summed E-state index contributed by atoms with van der Waals surface area (Å²) in [5.74, 6) is 1.51. The van der Waals surface area contributed by atoms with Gasteiger partial charge in [0.05, 0.1) is 7.11 Å². The molecule has 1 N–H and O–H groups in total. The highest BCUT2D eigenvalue weighted by molar-refractivity contribution is 9.10. The minimum atomic E-state index is 0.283. The fourth-order valence-electron chi connectivity index (χ4n) is 2.03. The molecule has 0 amide bonds. The summed E-state index contributed by atoms with van der Waals surface area (Å²) >= 11 is 3.63. The van der Waals surface area contributed by atoms with E-state index in [4.69, 9.17) is 4.74 Å². The smallest absolute Gasteiger partial charge is 0.119 e. The number of hydrogen-bond donors (Lipinski definition) is 1. The predicted octanol–water partition coefficient (Wildman–Crippen LogP) is 3.88. The summed E-state index contributed by atoms with van der Waals surface area (Å²) in [6.07, 6.45) is 1.04. The standard InChI is InChI=1S/C15H24BrNO/c1-15(2,3)12(10-17-4)8-11-9-13(18-5)6-7-14(11)16/h6-7,9,12,17H,8,10H2,1-5H3. The van der Waals surface area contributed by atoms with Gasteiger partial charge in [0.25, 0.3) is 0 Å². The van der Waals surface area contributed by atoms with Crippen molar-refractivity contribution in [3.05, 3.63) is 28.2 Å². The molecule has 3 heteroatoms. The van der Waals surface area contributed by atoms with Crippen LogP contribution in [0, 0.1) is 11.3 Å². The van der Waals surface area contributed by atoms with Gasteiger partial charge in [-0.3, -0.25) is 0 Å². The van der Waals surface area contributed by atoms with Gasteiger partial charge in [-0.05, 0) is 55.1 Å². The van der Waals surface area contributed by atoms with E-state index in [2.05, 4.69) is 54.2 Å². The Morgan fingerprint density at radius 2 is 2.00 bits per heavy atom. The van der Waals surface area contributed by atoms with E-state index in [1.807, 2.05) is 13.1 Å². The molecule has 2 nitrogen and oxygen atoms in total. The Bertz CT molecular complexity index is 385. The van der Waals surface area contributed by atoms with Gasteiger partial charge in [-0.2, -0.15) is 0 Å². The van der Waals surface area contributed by atoms with Crippen LogP contribution in [0.25, 0.3) is 0 Å². The molecule has 1 aromatic carbocycles. The van der Waals surface area contributed by atoms with E-state index in [0.717, 1.165) is 23.2 Å². The Balaban J connectivity index is 2.92. The van der Waals surface area contributed by atoms with Gasteiger partial charge < -0.3 is 10.1 Å². The number of ether oxygens (including phenoxy) is 1. The van der Waals surface area contributed by atoms with Crippen molar-refractivity contribution >= 4 is 15.9 Å². The predicted molar refractivity (Wildman–Crippen MR) is 81.3 cm³/mol. The van der Waals surface area contributed by atoms with Gasteiger partial charge in [0.15, 0.2) is 0 Å². The van der Waals surface area contributed by atoms with Crippen LogP contribution >= 0.6 is 15.9 Å². The molecule has 0 heterocycles. The maximum absolute atomic E-state index is 5.30. The van der Waals surface area contributed by atoms with Crippen LogP contribution in [0.3, 0.4) is 0 Å². The molecule has 0 bridgehead atoms. The van der Waals surface area contributed by atoms with Gasteiger partial charge in [-0.15, -0.1) is 0 Å². The van der Waals surface area contributed by atoms with E-state index < -0.39 is 0 Å². The molecule has 0 aliphatic carbocycles. The van der Waals surface area contributed by atoms with Crippen molar-refractivity contribution in [2.45, 2.75) is 27.2 Å². The quantitative estimate of drug-likeness (QED) is 0.890. The summed E-state index contributed by atoms with van der Waals surface area (Å²) in [4.78, 5) is 0. The molecule has 1 atom stereocenters. The van der Waals surface area contributed by atoms with Crippen molar-refractivity contribution in [2.75, 3.05) is 20.7 Å². The lowest BCUT2D eigenvalue weighted by Crippen LogP contribution is -2.31. The second-order valence-corrected chi connectivity index (χ2v) is 6.64. The molecule has 0 saturated carbocycles. The molecule has 18 heavy (non-hydrogen) atoms. The number of halogens is 1. The first kappa shape index (κ1) is 15.5. The first-order valence-electron chi connectivity index (χ1n) is 6.35. The zero-order chi connectivity index (χ0) is 13.8. The lowest BCUT2D eigenvalue weighted by atomic mass is 9.77. The molecule has 0 saturated heterocycles. The minimum Gasteiger partial charge on any atom is -0.497 e. The third kappa shape index (κ3) is 4.29. The Morgan fingerprint density at radius 1 is 1.33 bits per heavy atom. The van der Waals surface area contributed by atoms with E-state index in [9.17, 15) is 0 Å². The van der Waals surface area contributed by atoms with Crippen LogP contribution in [0.5, 0.6) is 5.75 Å². The van der Waals surface area contributed by atoms with E-state index in [1.54, 1.807) is 7.11 Å². The average molecular weight is 314 g/mol. The number of hydrogen-bond acceptors (Lipinski definition) is 2. The highest BCUT2D eigenvalue weighted by atomic mass is 79.9. The molecule has 1 unspecified atom stereocenters. The van der Waals surface area contributed by atoms with Crippen molar-refractivity contribution in [1.29, 1.82) is 0 Å². The first-order valence-corrected chi connectivity index (χ1v) is 7.14. The number of methoxy groups -OCH3 is 1. The maximum Gasteiger partial charge on any atom is 0.119 e. The van der Waals surface area contributed by atoms with Gasteiger partial charge in [0.1, 0.15) is 5.75 Å². The maximum atomic E-state index is 5.30. The molecule has 1 rings (SSSR count). The van der Waals surface area contributed by atoms with Gasteiger partial charge in [0.2, 0.25) is 0 Å². The topological polar surface area (TPSA) is 21.3 Å². The summed E-state index contributed by atoms with van der Waals surface area (Å²) in [6, 6.07) is 6.17. The monoisotopic (exact) mass is 313 g/mol. The van der Waals surface area contributed by atoms with Gasteiger partial charge in [-0.1, -0.05) is 36.7 Å². The van der Waals surface area contributed by atoms with Crippen LogP contribution in [0.1, 0.15) is 26.3 Å². The third-order valence-corrected chi connectivity index (χ3v) is 4.17. The molecule has 0 radical (unpaired) electrons. The third-order valence-electron chi connectivity index (χ3n) is 3.39. The van der Waals surface area contributed by atoms with Crippen molar-refractivity contribution in [1.82, 2.24) is 5.32 Å². The second-order valence-electron chi connectivity index (χ2n) is 5.78. The fourth-order valence-corrected chi connectivity index (χ4v) is 2.44. The lowest BCUT2D eigenvalue weighted by Gasteiger charge is -2.31. The van der Waals surface area contributed by atoms with E-state index >= 15 is 0 Å². The van der Waals surface area contributed by atoms with Crippen LogP contribution in [0.4, 0.5) is 0 Å². The molecule has 0 spiro atoms. The Labute approximate surface area is 119 Å². The lowest BCUT2D eigenvalue weighted by molar-refractivity contribution is 0.234. The number of nitrogens with one attached hydrogen (secondary N) is 1. The highest BCUT2D eigenvalue weighted by Crippen LogP contribution is 2.32. The molecule has 0 fully saturated rings. The Hall–Kier alpha value is -0.540. The van der Waals surface area contributed by atoms with Crippen molar-refractivity contribution in [3.63, 3.8) is 0 Å². The van der Waals surface area contributed by atoms with Gasteiger partial charge in [0, 0.05) is 4.47 Å². The fraction of sp³-hybridized carbons (Fsp3) is 0.600. The van der Waals surface area contributed by atoms with Gasteiger partial charge in [-0.25, -0.2) is 0 Å². The Kier molecular flexibility index (Phi) is 5.67. The first-order chi connectivity index (χ1) is 8.38. The van der Waals surface area contributed by atoms with Crippen molar-refractivity contribution < 1.29 is 4.74 Å². The largest absolute Gasteiger partial charge is 0.497 e.